The number of carbonyl (C=O) groups is 2. The van der Waals surface area contributed by atoms with E-state index in [9.17, 15) is 9.59 Å². The Morgan fingerprint density at radius 2 is 1.95 bits per heavy atom. The third-order valence-electron chi connectivity index (χ3n) is 3.75. The second-order valence-corrected chi connectivity index (χ2v) is 6.80. The van der Waals surface area contributed by atoms with Crippen LogP contribution in [0.1, 0.15) is 31.4 Å². The molecule has 0 aliphatic carbocycles. The number of carbonyl (C=O) groups excluding carboxylic acids is 2. The van der Waals surface area contributed by atoms with E-state index in [0.717, 1.165) is 21.3 Å². The molecule has 0 spiro atoms. The van der Waals surface area contributed by atoms with Crippen molar-refractivity contribution in [2.75, 3.05) is 11.4 Å². The third kappa shape index (κ3) is 3.28. The minimum absolute atomic E-state index is 0.0384. The van der Waals surface area contributed by atoms with Crippen LogP contribution < -0.4 is 10.2 Å². The second-order valence-electron chi connectivity index (χ2n) is 5.94. The molecule has 1 saturated heterocycles. The van der Waals surface area contributed by atoms with Gasteiger partial charge in [0.1, 0.15) is 6.04 Å². The number of benzene rings is 1. The van der Waals surface area contributed by atoms with E-state index in [1.165, 1.54) is 0 Å². The Kier molecular flexibility index (Phi) is 4.71. The summed E-state index contributed by atoms with van der Waals surface area (Å²) in [5, 5.41) is 2.83. The van der Waals surface area contributed by atoms with Crippen molar-refractivity contribution in [3.05, 3.63) is 27.7 Å². The largest absolute Gasteiger partial charge is 0.344 e. The monoisotopic (exact) mass is 352 g/mol. The van der Waals surface area contributed by atoms with E-state index in [1.807, 2.05) is 33.8 Å². The van der Waals surface area contributed by atoms with Gasteiger partial charge in [-0.1, -0.05) is 19.9 Å². The highest BCUT2D eigenvalue weighted by Crippen LogP contribution is 2.33. The van der Waals surface area contributed by atoms with Gasteiger partial charge in [-0.2, -0.15) is 0 Å². The van der Waals surface area contributed by atoms with E-state index < -0.39 is 6.04 Å². The summed E-state index contributed by atoms with van der Waals surface area (Å²) in [6.45, 7) is 8.32. The third-order valence-corrected chi connectivity index (χ3v) is 4.35. The van der Waals surface area contributed by atoms with Crippen LogP contribution in [0.3, 0.4) is 0 Å². The molecule has 21 heavy (non-hydrogen) atoms. The molecule has 2 rings (SSSR count). The smallest absolute Gasteiger partial charge is 0.249 e. The molecule has 1 aromatic carbocycles. The first-order valence-electron chi connectivity index (χ1n) is 7.18. The second kappa shape index (κ2) is 6.18. The minimum Gasteiger partial charge on any atom is -0.344 e. The van der Waals surface area contributed by atoms with Gasteiger partial charge in [0.25, 0.3) is 0 Å². The van der Waals surface area contributed by atoms with E-state index in [-0.39, 0.29) is 17.7 Å². The molecule has 1 aliphatic heterocycles. The average molecular weight is 353 g/mol. The maximum Gasteiger partial charge on any atom is 0.249 e. The number of rotatable bonds is 2. The molecule has 4 nitrogen and oxygen atoms in total. The fourth-order valence-corrected chi connectivity index (χ4v) is 3.61. The molecule has 2 amide bonds. The topological polar surface area (TPSA) is 49.4 Å². The first kappa shape index (κ1) is 16.0. The number of halogens is 1. The predicted molar refractivity (Wildman–Crippen MR) is 87.4 cm³/mol. The molecule has 114 valence electrons. The normalized spacial score (nSPS) is 19.7. The Labute approximate surface area is 134 Å². The number of amides is 2. The highest BCUT2D eigenvalue weighted by Gasteiger charge is 2.33. The van der Waals surface area contributed by atoms with Gasteiger partial charge in [0, 0.05) is 17.4 Å². The molecule has 0 radical (unpaired) electrons. The van der Waals surface area contributed by atoms with E-state index in [4.69, 9.17) is 0 Å². The van der Waals surface area contributed by atoms with Crippen molar-refractivity contribution in [2.45, 2.75) is 40.2 Å². The van der Waals surface area contributed by atoms with Gasteiger partial charge < -0.3 is 10.2 Å². The van der Waals surface area contributed by atoms with Crippen LogP contribution in [0.15, 0.2) is 16.6 Å². The number of aryl methyl sites for hydroxylation is 2. The van der Waals surface area contributed by atoms with E-state index in [0.29, 0.717) is 13.0 Å². The van der Waals surface area contributed by atoms with Crippen LogP contribution in [-0.2, 0) is 9.59 Å². The summed E-state index contributed by atoms with van der Waals surface area (Å²) in [4.78, 5) is 26.4. The molecule has 1 unspecified atom stereocenters. The van der Waals surface area contributed by atoms with Crippen LogP contribution in [0, 0.1) is 19.8 Å². The molecule has 1 aromatic rings. The molecule has 0 aromatic heterocycles. The standard InChI is InChI=1S/C16H21BrN2O2/c1-9(2)14-16(21)19(6-5-13(20)18-14)15-11(4)7-10(3)8-12(15)17/h7-9,14H,5-6H2,1-4H3,(H,18,20). The van der Waals surface area contributed by atoms with E-state index in [1.54, 1.807) is 4.90 Å². The lowest BCUT2D eigenvalue weighted by atomic mass is 10.0. The zero-order chi connectivity index (χ0) is 15.7. The Bertz CT molecular complexity index is 561. The van der Waals surface area contributed by atoms with Gasteiger partial charge in [-0.25, -0.2) is 0 Å². The lowest BCUT2D eigenvalue weighted by molar-refractivity contribution is -0.126. The fraction of sp³-hybridized carbons (Fsp3) is 0.500. The van der Waals surface area contributed by atoms with Gasteiger partial charge in [-0.05, 0) is 52.9 Å². The summed E-state index contributed by atoms with van der Waals surface area (Å²) >= 11 is 3.56. The summed E-state index contributed by atoms with van der Waals surface area (Å²) in [6, 6.07) is 3.59. The number of hydrogen-bond donors (Lipinski definition) is 1. The van der Waals surface area contributed by atoms with Gasteiger partial charge in [-0.3, -0.25) is 9.59 Å². The van der Waals surface area contributed by atoms with Crippen molar-refractivity contribution < 1.29 is 9.59 Å². The van der Waals surface area contributed by atoms with Crippen LogP contribution in [0.2, 0.25) is 0 Å². The molecule has 1 heterocycles. The first-order valence-corrected chi connectivity index (χ1v) is 7.98. The van der Waals surface area contributed by atoms with Crippen molar-refractivity contribution in [2.24, 2.45) is 5.92 Å². The van der Waals surface area contributed by atoms with Crippen molar-refractivity contribution in [1.82, 2.24) is 5.32 Å². The van der Waals surface area contributed by atoms with Crippen LogP contribution >= 0.6 is 15.9 Å². The van der Waals surface area contributed by atoms with Gasteiger partial charge in [0.2, 0.25) is 11.8 Å². The maximum absolute atomic E-state index is 12.8. The van der Waals surface area contributed by atoms with Crippen molar-refractivity contribution in [1.29, 1.82) is 0 Å². The fourth-order valence-electron chi connectivity index (χ4n) is 2.72. The number of nitrogens with one attached hydrogen (secondary N) is 1. The zero-order valence-electron chi connectivity index (χ0n) is 12.9. The molecular weight excluding hydrogens is 332 g/mol. The van der Waals surface area contributed by atoms with Gasteiger partial charge >= 0.3 is 0 Å². The highest BCUT2D eigenvalue weighted by molar-refractivity contribution is 9.10. The number of anilines is 1. The van der Waals surface area contributed by atoms with E-state index >= 15 is 0 Å². The van der Waals surface area contributed by atoms with Gasteiger partial charge in [0.15, 0.2) is 0 Å². The quantitative estimate of drug-likeness (QED) is 0.889. The Morgan fingerprint density at radius 3 is 2.52 bits per heavy atom. The summed E-state index contributed by atoms with van der Waals surface area (Å²) in [5.41, 5.74) is 3.04. The maximum atomic E-state index is 12.8. The molecule has 1 aliphatic rings. The summed E-state index contributed by atoms with van der Waals surface area (Å²) < 4.78 is 0.894. The van der Waals surface area contributed by atoms with Crippen LogP contribution in [0.25, 0.3) is 0 Å². The number of hydrogen-bond acceptors (Lipinski definition) is 2. The van der Waals surface area contributed by atoms with Crippen molar-refractivity contribution in [3.63, 3.8) is 0 Å². The summed E-state index contributed by atoms with van der Waals surface area (Å²) in [7, 11) is 0. The first-order chi connectivity index (χ1) is 9.81. The SMILES string of the molecule is Cc1cc(C)c(N2CCC(=O)NC(C(C)C)C2=O)c(Br)c1. The molecule has 0 bridgehead atoms. The Balaban J connectivity index is 2.47. The highest BCUT2D eigenvalue weighted by atomic mass is 79.9. The number of nitrogens with zero attached hydrogens (tertiary/aromatic N) is 1. The van der Waals surface area contributed by atoms with E-state index in [2.05, 4.69) is 27.3 Å². The predicted octanol–water partition coefficient (Wildman–Crippen LogP) is 2.94. The molecule has 5 heteroatoms. The molecule has 1 atom stereocenters. The lowest BCUT2D eigenvalue weighted by Gasteiger charge is -2.28. The van der Waals surface area contributed by atoms with Crippen molar-refractivity contribution >= 4 is 33.4 Å². The molecular formula is C16H21BrN2O2. The molecule has 1 fully saturated rings. The zero-order valence-corrected chi connectivity index (χ0v) is 14.5. The summed E-state index contributed by atoms with van der Waals surface area (Å²) in [5.74, 6) is -0.0412. The summed E-state index contributed by atoms with van der Waals surface area (Å²) in [6.07, 6.45) is 0.328. The van der Waals surface area contributed by atoms with Crippen LogP contribution in [0.5, 0.6) is 0 Å². The lowest BCUT2D eigenvalue weighted by Crippen LogP contribution is -2.48. The van der Waals surface area contributed by atoms with Crippen LogP contribution in [0.4, 0.5) is 5.69 Å². The minimum atomic E-state index is -0.465. The van der Waals surface area contributed by atoms with Crippen LogP contribution in [-0.4, -0.2) is 24.4 Å². The van der Waals surface area contributed by atoms with Gasteiger partial charge in [0.05, 0.1) is 5.69 Å². The molecule has 0 saturated carbocycles. The average Bonchev–Trinajstić information content (AvgIpc) is 2.50. The van der Waals surface area contributed by atoms with Gasteiger partial charge in [-0.15, -0.1) is 0 Å². The Hall–Kier alpha value is -1.36. The molecule has 1 N–H and O–H groups in total. The van der Waals surface area contributed by atoms with Crippen molar-refractivity contribution in [3.8, 4) is 0 Å². The Morgan fingerprint density at radius 1 is 1.29 bits per heavy atom.